The minimum absolute atomic E-state index is 0.789. The van der Waals surface area contributed by atoms with Crippen LogP contribution in [-0.4, -0.2) is 23.9 Å². The summed E-state index contributed by atoms with van der Waals surface area (Å²) < 4.78 is 13.4. The summed E-state index contributed by atoms with van der Waals surface area (Å²) in [5.74, 6) is 1.58. The van der Waals surface area contributed by atoms with Crippen LogP contribution in [0.1, 0.15) is 0 Å². The molecule has 0 saturated heterocycles. The number of para-hydroxylation sites is 4. The lowest BCUT2D eigenvalue weighted by molar-refractivity contribution is 0.669. The average molecular weight is 794 g/mol. The van der Waals surface area contributed by atoms with E-state index in [9.17, 15) is 0 Å². The Kier molecular flexibility index (Phi) is 7.50. The van der Waals surface area contributed by atoms with Crippen molar-refractivity contribution in [3.8, 4) is 51.0 Å². The highest BCUT2D eigenvalue weighted by atomic mass is 16.3. The summed E-state index contributed by atoms with van der Waals surface area (Å²) >= 11 is 0. The molecule has 0 unspecified atom stereocenters. The number of aromatic nitrogens is 5. The number of benzene rings is 9. The molecular weight excluding hydrogens is 759 g/mol. The predicted octanol–water partition coefficient (Wildman–Crippen LogP) is 14.4. The third kappa shape index (κ3) is 5.10. The van der Waals surface area contributed by atoms with Crippen molar-refractivity contribution in [1.29, 1.82) is 0 Å². The molecule has 0 amide bonds. The van der Waals surface area contributed by atoms with Crippen LogP contribution in [0.25, 0.3) is 117 Å². The van der Waals surface area contributed by atoms with Crippen LogP contribution < -0.4 is 0 Å². The van der Waals surface area contributed by atoms with Gasteiger partial charge >= 0.3 is 0 Å². The summed E-state index contributed by atoms with van der Waals surface area (Å²) in [7, 11) is 0. The van der Waals surface area contributed by atoms with Gasteiger partial charge in [0.1, 0.15) is 11.2 Å². The fraction of sp³-hybridized carbons (Fsp3) is 0. The Hall–Kier alpha value is -8.48. The van der Waals surface area contributed by atoms with Crippen LogP contribution in [0.2, 0.25) is 0 Å². The summed E-state index contributed by atoms with van der Waals surface area (Å²) in [5, 5.41) is 16.6. The molecule has 0 bridgehead atoms. The Balaban J connectivity index is 1.02. The first-order valence-corrected chi connectivity index (χ1v) is 20.9. The lowest BCUT2D eigenvalue weighted by Crippen LogP contribution is -2.01. The van der Waals surface area contributed by atoms with Crippen LogP contribution in [0.5, 0.6) is 0 Å². The Morgan fingerprint density at radius 3 is 1.69 bits per heavy atom. The predicted molar refractivity (Wildman–Crippen MR) is 254 cm³/mol. The number of fused-ring (bicyclic) bond motifs is 10. The van der Waals surface area contributed by atoms with Gasteiger partial charge in [-0.25, -0.2) is 0 Å². The van der Waals surface area contributed by atoms with Crippen LogP contribution in [0, 0.1) is 0 Å². The highest BCUT2D eigenvalue weighted by Crippen LogP contribution is 2.43. The Labute approximate surface area is 355 Å². The number of hydrogen-bond donors (Lipinski definition) is 0. The molecule has 290 valence electrons. The van der Waals surface area contributed by atoms with E-state index in [1.807, 2.05) is 42.5 Å². The van der Waals surface area contributed by atoms with Crippen molar-refractivity contribution in [3.63, 3.8) is 0 Å². The number of nitrogens with zero attached hydrogens (tertiary/aromatic N) is 5. The van der Waals surface area contributed by atoms with E-state index in [-0.39, 0.29) is 0 Å². The quantitative estimate of drug-likeness (QED) is 0.168. The summed E-state index contributed by atoms with van der Waals surface area (Å²) in [6.07, 6.45) is 0. The van der Waals surface area contributed by atoms with Crippen LogP contribution >= 0.6 is 0 Å². The molecule has 4 heterocycles. The molecule has 0 radical (unpaired) electrons. The van der Waals surface area contributed by atoms with Gasteiger partial charge in [-0.15, -0.1) is 10.2 Å². The van der Waals surface area contributed by atoms with Gasteiger partial charge in [-0.05, 0) is 66.2 Å². The van der Waals surface area contributed by atoms with E-state index in [4.69, 9.17) is 14.6 Å². The molecule has 0 atom stereocenters. The van der Waals surface area contributed by atoms with E-state index in [0.29, 0.717) is 0 Å². The van der Waals surface area contributed by atoms with Crippen molar-refractivity contribution >= 4 is 65.6 Å². The Morgan fingerprint density at radius 1 is 0.323 bits per heavy atom. The van der Waals surface area contributed by atoms with E-state index in [2.05, 4.69) is 184 Å². The third-order valence-corrected chi connectivity index (χ3v) is 12.4. The second kappa shape index (κ2) is 13.5. The summed E-state index contributed by atoms with van der Waals surface area (Å²) in [4.78, 5) is 0. The van der Waals surface area contributed by atoms with Crippen molar-refractivity contribution < 1.29 is 4.42 Å². The van der Waals surface area contributed by atoms with Crippen molar-refractivity contribution in [1.82, 2.24) is 23.9 Å². The van der Waals surface area contributed by atoms with Crippen LogP contribution in [0.3, 0.4) is 0 Å². The molecule has 0 aliphatic carbocycles. The molecule has 0 saturated carbocycles. The van der Waals surface area contributed by atoms with Crippen molar-refractivity contribution in [2.75, 3.05) is 0 Å². The van der Waals surface area contributed by atoms with E-state index in [1.54, 1.807) is 0 Å². The fourth-order valence-corrected chi connectivity index (χ4v) is 9.71. The first-order chi connectivity index (χ1) is 30.8. The molecule has 0 spiro atoms. The number of hydrogen-bond acceptors (Lipinski definition) is 3. The molecule has 0 aliphatic heterocycles. The lowest BCUT2D eigenvalue weighted by atomic mass is 10.0. The molecule has 13 rings (SSSR count). The number of rotatable bonds is 6. The molecular formula is C56H35N5O. The second-order valence-electron chi connectivity index (χ2n) is 15.8. The fourth-order valence-electron chi connectivity index (χ4n) is 9.71. The van der Waals surface area contributed by atoms with Crippen LogP contribution in [0.15, 0.2) is 217 Å². The first-order valence-electron chi connectivity index (χ1n) is 20.9. The van der Waals surface area contributed by atoms with Crippen LogP contribution in [-0.2, 0) is 0 Å². The standard InChI is InChI=1S/C56H35N5O/c1-3-16-36(17-4-1)55-57-58-56(37-18-5-2-6-19-37)60(55)40-30-31-43-42-23-8-12-27-47(42)59(50(43)35-40)39-21-15-20-38(34-39)41-22-7-11-26-46(41)61-48-28-13-9-24-44(48)53-49(61)32-33-52-54(53)45-25-10-14-29-51(45)62-52/h1-35H. The van der Waals surface area contributed by atoms with Gasteiger partial charge in [-0.1, -0.05) is 152 Å². The van der Waals surface area contributed by atoms with Gasteiger partial charge < -0.3 is 13.6 Å². The number of furan rings is 1. The maximum absolute atomic E-state index is 6.39. The molecule has 0 aliphatic rings. The summed E-state index contributed by atoms with van der Waals surface area (Å²) in [6, 6.07) is 75.2. The summed E-state index contributed by atoms with van der Waals surface area (Å²) in [5.41, 5.74) is 13.8. The van der Waals surface area contributed by atoms with Gasteiger partial charge in [0.25, 0.3) is 0 Å². The van der Waals surface area contributed by atoms with Gasteiger partial charge in [0.2, 0.25) is 0 Å². The maximum Gasteiger partial charge on any atom is 0.168 e. The van der Waals surface area contributed by atoms with Gasteiger partial charge in [0, 0.05) is 54.7 Å². The van der Waals surface area contributed by atoms with Crippen molar-refractivity contribution in [2.24, 2.45) is 0 Å². The molecule has 6 nitrogen and oxygen atoms in total. The zero-order valence-corrected chi connectivity index (χ0v) is 33.4. The monoisotopic (exact) mass is 793 g/mol. The molecule has 62 heavy (non-hydrogen) atoms. The van der Waals surface area contributed by atoms with Crippen molar-refractivity contribution in [2.45, 2.75) is 0 Å². The highest BCUT2D eigenvalue weighted by Gasteiger charge is 2.22. The Morgan fingerprint density at radius 2 is 0.919 bits per heavy atom. The van der Waals surface area contributed by atoms with Crippen molar-refractivity contribution in [3.05, 3.63) is 212 Å². The molecule has 13 aromatic rings. The smallest absolute Gasteiger partial charge is 0.168 e. The topological polar surface area (TPSA) is 53.7 Å². The van der Waals surface area contributed by atoms with Gasteiger partial charge in [0.05, 0.1) is 33.4 Å². The minimum Gasteiger partial charge on any atom is -0.456 e. The molecule has 0 fully saturated rings. The largest absolute Gasteiger partial charge is 0.456 e. The van der Waals surface area contributed by atoms with Gasteiger partial charge in [-0.3, -0.25) is 4.57 Å². The zero-order valence-electron chi connectivity index (χ0n) is 33.4. The van der Waals surface area contributed by atoms with E-state index in [0.717, 1.165) is 95.0 Å². The molecule has 9 aromatic carbocycles. The minimum atomic E-state index is 0.789. The SMILES string of the molecule is c1ccc(-c2nnc(-c3ccccc3)n2-c2ccc3c4ccccc4n(-c4cccc(-c5ccccc5-n5c6ccccc6c6c7c(ccc65)oc5ccccc57)c4)c3c2)cc1. The first kappa shape index (κ1) is 34.4. The van der Waals surface area contributed by atoms with Gasteiger partial charge in [0.15, 0.2) is 11.6 Å². The average Bonchev–Trinajstić information content (AvgIpc) is 4.11. The molecule has 0 N–H and O–H groups in total. The van der Waals surface area contributed by atoms with Crippen LogP contribution in [0.4, 0.5) is 0 Å². The van der Waals surface area contributed by atoms with E-state index >= 15 is 0 Å². The highest BCUT2D eigenvalue weighted by molar-refractivity contribution is 6.27. The lowest BCUT2D eigenvalue weighted by Gasteiger charge is -2.16. The Bertz CT molecular complexity index is 3810. The summed E-state index contributed by atoms with van der Waals surface area (Å²) in [6.45, 7) is 0. The normalized spacial score (nSPS) is 11.9. The zero-order chi connectivity index (χ0) is 40.7. The third-order valence-electron chi connectivity index (χ3n) is 12.4. The molecule has 6 heteroatoms. The van der Waals surface area contributed by atoms with E-state index < -0.39 is 0 Å². The maximum atomic E-state index is 6.39. The van der Waals surface area contributed by atoms with Gasteiger partial charge in [-0.2, -0.15) is 0 Å². The second-order valence-corrected chi connectivity index (χ2v) is 15.8. The van der Waals surface area contributed by atoms with E-state index in [1.165, 1.54) is 21.5 Å². The molecule has 4 aromatic heterocycles.